The summed E-state index contributed by atoms with van der Waals surface area (Å²) in [6.07, 6.45) is 0. The molecule has 0 unspecified atom stereocenters. The number of ketones is 1. The lowest BCUT2D eigenvalue weighted by molar-refractivity contribution is 0.0803. The second-order valence-corrected chi connectivity index (χ2v) is 8.37. The summed E-state index contributed by atoms with van der Waals surface area (Å²) in [6, 6.07) is 24.9. The highest BCUT2D eigenvalue weighted by Crippen LogP contribution is 2.35. The molecule has 1 fully saturated rings. The highest BCUT2D eigenvalue weighted by Gasteiger charge is 2.28. The van der Waals surface area contributed by atoms with Crippen LogP contribution in [0, 0.1) is 0 Å². The molecular weight excluding hydrogens is 428 g/mol. The van der Waals surface area contributed by atoms with Gasteiger partial charge in [-0.15, -0.1) is 0 Å². The highest BCUT2D eigenvalue weighted by atomic mass is 16.5. The fraction of sp³-hybridized carbons (Fsp3) is 0.321. The Balaban J connectivity index is 1.47. The summed E-state index contributed by atoms with van der Waals surface area (Å²) >= 11 is 0. The van der Waals surface area contributed by atoms with Crippen molar-refractivity contribution < 1.29 is 19.0 Å². The first-order valence-electron chi connectivity index (χ1n) is 11.5. The molecule has 3 aromatic rings. The molecule has 0 aromatic heterocycles. The average molecular weight is 461 g/mol. The Hall–Kier alpha value is -3.35. The van der Waals surface area contributed by atoms with Crippen molar-refractivity contribution in [3.8, 4) is 17.2 Å². The molecule has 1 aliphatic heterocycles. The Labute approximate surface area is 201 Å². The molecule has 34 heavy (non-hydrogen) atoms. The molecule has 4 rings (SSSR count). The Morgan fingerprint density at radius 2 is 1.26 bits per heavy atom. The third-order valence-electron chi connectivity index (χ3n) is 6.36. The summed E-state index contributed by atoms with van der Waals surface area (Å²) < 4.78 is 16.3. The lowest BCUT2D eigenvalue weighted by Gasteiger charge is -2.39. The second kappa shape index (κ2) is 11.2. The molecule has 6 heteroatoms. The Morgan fingerprint density at radius 1 is 0.765 bits per heavy atom. The number of hydrogen-bond donors (Lipinski definition) is 0. The molecule has 0 N–H and O–H groups in total. The van der Waals surface area contributed by atoms with Gasteiger partial charge >= 0.3 is 0 Å². The van der Waals surface area contributed by atoms with Gasteiger partial charge in [0.25, 0.3) is 0 Å². The number of carbonyl (C=O) groups excluding carboxylic acids is 1. The van der Waals surface area contributed by atoms with Crippen LogP contribution in [0.5, 0.6) is 17.2 Å². The van der Waals surface area contributed by atoms with Crippen LogP contribution in [0.1, 0.15) is 27.5 Å². The molecule has 1 aliphatic rings. The van der Waals surface area contributed by atoms with Crippen molar-refractivity contribution in [1.29, 1.82) is 0 Å². The first kappa shape index (κ1) is 23.8. The molecule has 178 valence electrons. The van der Waals surface area contributed by atoms with Crippen LogP contribution in [-0.2, 0) is 0 Å². The maximum Gasteiger partial charge on any atom is 0.184 e. The zero-order valence-corrected chi connectivity index (χ0v) is 20.1. The van der Waals surface area contributed by atoms with Gasteiger partial charge < -0.3 is 14.2 Å². The SMILES string of the molecule is COc1cc(OC)c(C(=O)CN2CCN(C(c3ccccc3)c3ccccc3)CC2)c(OC)c1. The van der Waals surface area contributed by atoms with Crippen LogP contribution in [0.2, 0.25) is 0 Å². The van der Waals surface area contributed by atoms with Crippen LogP contribution in [0.4, 0.5) is 0 Å². The van der Waals surface area contributed by atoms with E-state index in [4.69, 9.17) is 14.2 Å². The van der Waals surface area contributed by atoms with E-state index in [9.17, 15) is 4.79 Å². The molecule has 0 radical (unpaired) electrons. The van der Waals surface area contributed by atoms with Crippen molar-refractivity contribution >= 4 is 5.78 Å². The number of ether oxygens (including phenoxy) is 3. The van der Waals surface area contributed by atoms with Crippen molar-refractivity contribution in [3.05, 3.63) is 89.5 Å². The van der Waals surface area contributed by atoms with E-state index in [0.717, 1.165) is 26.2 Å². The molecule has 0 amide bonds. The average Bonchev–Trinajstić information content (AvgIpc) is 2.90. The number of carbonyl (C=O) groups is 1. The number of methoxy groups -OCH3 is 3. The van der Waals surface area contributed by atoms with Gasteiger partial charge in [-0.1, -0.05) is 60.7 Å². The molecule has 0 bridgehead atoms. The van der Waals surface area contributed by atoms with Gasteiger partial charge in [-0.3, -0.25) is 14.6 Å². The zero-order chi connectivity index (χ0) is 23.9. The Morgan fingerprint density at radius 3 is 1.71 bits per heavy atom. The Bertz CT molecular complexity index is 1020. The fourth-order valence-electron chi connectivity index (χ4n) is 4.63. The zero-order valence-electron chi connectivity index (χ0n) is 20.1. The third kappa shape index (κ3) is 5.24. The fourth-order valence-corrected chi connectivity index (χ4v) is 4.63. The number of hydrogen-bond acceptors (Lipinski definition) is 6. The molecule has 6 nitrogen and oxygen atoms in total. The van der Waals surface area contributed by atoms with Crippen LogP contribution in [0.15, 0.2) is 72.8 Å². The van der Waals surface area contributed by atoms with Gasteiger partial charge in [0.05, 0.1) is 33.9 Å². The van der Waals surface area contributed by atoms with Crippen LogP contribution in [-0.4, -0.2) is 69.6 Å². The largest absolute Gasteiger partial charge is 0.496 e. The van der Waals surface area contributed by atoms with Crippen LogP contribution >= 0.6 is 0 Å². The predicted octanol–water partition coefficient (Wildman–Crippen LogP) is 4.30. The van der Waals surface area contributed by atoms with E-state index >= 15 is 0 Å². The minimum Gasteiger partial charge on any atom is -0.496 e. The lowest BCUT2D eigenvalue weighted by Crippen LogP contribution is -2.49. The van der Waals surface area contributed by atoms with E-state index < -0.39 is 0 Å². The van der Waals surface area contributed by atoms with Gasteiger partial charge in [-0.25, -0.2) is 0 Å². The highest BCUT2D eigenvalue weighted by molar-refractivity contribution is 6.03. The summed E-state index contributed by atoms with van der Waals surface area (Å²) in [4.78, 5) is 18.0. The maximum absolute atomic E-state index is 13.3. The van der Waals surface area contributed by atoms with Crippen LogP contribution in [0.3, 0.4) is 0 Å². The normalized spacial score (nSPS) is 14.7. The molecule has 1 saturated heterocycles. The molecule has 3 aromatic carbocycles. The minimum absolute atomic E-state index is 0.0209. The summed E-state index contributed by atoms with van der Waals surface area (Å²) in [6.45, 7) is 3.68. The predicted molar refractivity (Wildman–Crippen MR) is 133 cm³/mol. The first-order valence-corrected chi connectivity index (χ1v) is 11.5. The van der Waals surface area contributed by atoms with Gasteiger partial charge in [0.2, 0.25) is 0 Å². The second-order valence-electron chi connectivity index (χ2n) is 8.37. The third-order valence-corrected chi connectivity index (χ3v) is 6.36. The standard InChI is InChI=1S/C28H32N2O4/c1-32-23-18-25(33-2)27(26(19-23)34-3)24(31)20-29-14-16-30(17-15-29)28(21-10-6-4-7-11-21)22-12-8-5-9-13-22/h4-13,18-19,28H,14-17,20H2,1-3H3. The quantitative estimate of drug-likeness (QED) is 0.444. The summed E-state index contributed by atoms with van der Waals surface area (Å²) in [5.74, 6) is 1.50. The van der Waals surface area contributed by atoms with Gasteiger partial charge in [0.15, 0.2) is 5.78 Å². The van der Waals surface area contributed by atoms with Crippen LogP contribution in [0.25, 0.3) is 0 Å². The molecular formula is C28H32N2O4. The van der Waals surface area contributed by atoms with Crippen molar-refractivity contribution in [2.45, 2.75) is 6.04 Å². The molecule has 0 aliphatic carbocycles. The number of Topliss-reactive ketones (excluding diaryl/α,β-unsaturated/α-hetero) is 1. The van der Waals surface area contributed by atoms with Crippen molar-refractivity contribution in [3.63, 3.8) is 0 Å². The smallest absolute Gasteiger partial charge is 0.184 e. The number of piperazine rings is 1. The number of benzene rings is 3. The molecule has 0 saturated carbocycles. The number of rotatable bonds is 9. The Kier molecular flexibility index (Phi) is 7.83. The summed E-state index contributed by atoms with van der Waals surface area (Å²) in [5, 5.41) is 0. The van der Waals surface area contributed by atoms with Crippen molar-refractivity contribution in [1.82, 2.24) is 9.80 Å². The molecule has 0 spiro atoms. The number of nitrogens with zero attached hydrogens (tertiary/aromatic N) is 2. The van der Waals surface area contributed by atoms with E-state index in [-0.39, 0.29) is 11.8 Å². The van der Waals surface area contributed by atoms with E-state index in [1.807, 2.05) is 0 Å². The summed E-state index contributed by atoms with van der Waals surface area (Å²) in [5.41, 5.74) is 3.02. The molecule has 0 atom stereocenters. The summed E-state index contributed by atoms with van der Waals surface area (Å²) in [7, 11) is 4.68. The lowest BCUT2D eigenvalue weighted by atomic mass is 9.96. The van der Waals surface area contributed by atoms with Gasteiger partial charge in [-0.2, -0.15) is 0 Å². The van der Waals surface area contributed by atoms with Gasteiger partial charge in [0, 0.05) is 38.3 Å². The minimum atomic E-state index is -0.0209. The van der Waals surface area contributed by atoms with E-state index in [0.29, 0.717) is 29.4 Å². The first-order chi connectivity index (χ1) is 16.6. The topological polar surface area (TPSA) is 51.2 Å². The van der Waals surface area contributed by atoms with Gasteiger partial charge in [-0.05, 0) is 11.1 Å². The van der Waals surface area contributed by atoms with E-state index in [1.54, 1.807) is 33.5 Å². The van der Waals surface area contributed by atoms with Gasteiger partial charge in [0.1, 0.15) is 22.8 Å². The van der Waals surface area contributed by atoms with E-state index in [1.165, 1.54) is 11.1 Å². The monoisotopic (exact) mass is 460 g/mol. The van der Waals surface area contributed by atoms with Crippen molar-refractivity contribution in [2.24, 2.45) is 0 Å². The van der Waals surface area contributed by atoms with E-state index in [2.05, 4.69) is 70.5 Å². The van der Waals surface area contributed by atoms with Crippen LogP contribution < -0.4 is 14.2 Å². The van der Waals surface area contributed by atoms with Crippen molar-refractivity contribution in [2.75, 3.05) is 54.1 Å². The molecule has 1 heterocycles. The maximum atomic E-state index is 13.3.